The molecule has 0 bridgehead atoms. The summed E-state index contributed by atoms with van der Waals surface area (Å²) in [4.78, 5) is 6.60. The highest BCUT2D eigenvalue weighted by Gasteiger charge is 2.14. The molecule has 29 heavy (non-hydrogen) atoms. The average molecular weight is 510 g/mol. The molecule has 1 aliphatic heterocycles. The van der Waals surface area contributed by atoms with E-state index in [1.807, 2.05) is 7.05 Å². The number of fused-ring (bicyclic) bond motifs is 1. The smallest absolute Gasteiger partial charge is 0.193 e. The first-order valence-corrected chi connectivity index (χ1v) is 10.6. The van der Waals surface area contributed by atoms with E-state index in [0.717, 1.165) is 57.1 Å². The Labute approximate surface area is 192 Å². The van der Waals surface area contributed by atoms with Gasteiger partial charge in [-0.05, 0) is 36.8 Å². The Kier molecular flexibility index (Phi) is 9.90. The summed E-state index contributed by atoms with van der Waals surface area (Å²) in [5.74, 6) is 3.24. The summed E-state index contributed by atoms with van der Waals surface area (Å²) in [6.45, 7) is 4.99. The number of hydrogen-bond acceptors (Lipinski definition) is 3. The fourth-order valence-corrected chi connectivity index (χ4v) is 3.79. The second-order valence-electron chi connectivity index (χ2n) is 7.60. The van der Waals surface area contributed by atoms with Crippen LogP contribution in [0, 0.1) is 0 Å². The summed E-state index contributed by atoms with van der Waals surface area (Å²) in [6.07, 6.45) is 7.91. The zero-order chi connectivity index (χ0) is 19.8. The van der Waals surface area contributed by atoms with Crippen molar-refractivity contribution in [2.45, 2.75) is 65.0 Å². The van der Waals surface area contributed by atoms with Crippen LogP contribution in [0.3, 0.4) is 0 Å². The van der Waals surface area contributed by atoms with Crippen molar-refractivity contribution in [2.75, 3.05) is 20.6 Å². The van der Waals surface area contributed by atoms with Gasteiger partial charge in [0.25, 0.3) is 0 Å². The number of aromatic nitrogens is 3. The normalized spacial score (nSPS) is 14.0. The molecule has 0 radical (unpaired) electrons. The van der Waals surface area contributed by atoms with E-state index in [-0.39, 0.29) is 24.0 Å². The maximum absolute atomic E-state index is 4.43. The second-order valence-corrected chi connectivity index (χ2v) is 7.60. The van der Waals surface area contributed by atoms with Crippen molar-refractivity contribution in [2.24, 2.45) is 4.99 Å². The summed E-state index contributed by atoms with van der Waals surface area (Å²) in [7, 11) is 3.93. The molecule has 160 valence electrons. The van der Waals surface area contributed by atoms with Crippen LogP contribution in [0.4, 0.5) is 0 Å². The Balaban J connectivity index is 0.00000300. The van der Waals surface area contributed by atoms with Gasteiger partial charge in [0.05, 0.1) is 0 Å². The number of nitrogens with zero attached hydrogens (tertiary/aromatic N) is 5. The van der Waals surface area contributed by atoms with Gasteiger partial charge in [-0.2, -0.15) is 0 Å². The maximum Gasteiger partial charge on any atom is 0.193 e. The predicted octanol–water partition coefficient (Wildman–Crippen LogP) is 3.82. The number of aliphatic imine (C=N–C) groups is 1. The van der Waals surface area contributed by atoms with Crippen molar-refractivity contribution in [1.29, 1.82) is 0 Å². The van der Waals surface area contributed by atoms with Crippen LogP contribution in [0.1, 0.15) is 55.4 Å². The summed E-state index contributed by atoms with van der Waals surface area (Å²) in [6, 6.07) is 8.83. The third kappa shape index (κ3) is 6.69. The minimum atomic E-state index is 0. The van der Waals surface area contributed by atoms with Crippen molar-refractivity contribution >= 4 is 29.9 Å². The molecule has 6 nitrogen and oxygen atoms in total. The van der Waals surface area contributed by atoms with Crippen molar-refractivity contribution in [3.63, 3.8) is 0 Å². The lowest BCUT2D eigenvalue weighted by Crippen LogP contribution is -2.39. The molecule has 0 atom stereocenters. The standard InChI is InChI=1S/C22H34N6.HI/c1-4-18-11-13-19(14-12-18)17-27(3)22(23-2)24-15-8-10-21-26-25-20-9-6-5-7-16-28(20)21;/h11-14H,4-10,15-17H2,1-3H3,(H,23,24);1H. The highest BCUT2D eigenvalue weighted by molar-refractivity contribution is 14.0. The fourth-order valence-electron chi connectivity index (χ4n) is 3.79. The Morgan fingerprint density at radius 1 is 1.14 bits per heavy atom. The van der Waals surface area contributed by atoms with E-state index in [9.17, 15) is 0 Å². The Bertz CT molecular complexity index is 768. The molecule has 0 saturated heterocycles. The number of aryl methyl sites for hydroxylation is 3. The molecular formula is C22H35IN6. The number of halogens is 1. The van der Waals surface area contributed by atoms with E-state index in [2.05, 4.69) is 68.2 Å². The number of nitrogens with one attached hydrogen (secondary N) is 1. The molecule has 1 N–H and O–H groups in total. The summed E-state index contributed by atoms with van der Waals surface area (Å²) in [5, 5.41) is 12.3. The molecular weight excluding hydrogens is 475 g/mol. The molecule has 0 spiro atoms. The first-order valence-electron chi connectivity index (χ1n) is 10.6. The quantitative estimate of drug-likeness (QED) is 0.266. The maximum atomic E-state index is 4.43. The van der Waals surface area contributed by atoms with Crippen LogP contribution in [-0.4, -0.2) is 46.3 Å². The zero-order valence-corrected chi connectivity index (χ0v) is 20.4. The van der Waals surface area contributed by atoms with Crippen LogP contribution >= 0.6 is 24.0 Å². The van der Waals surface area contributed by atoms with Crippen LogP contribution in [0.15, 0.2) is 29.3 Å². The highest BCUT2D eigenvalue weighted by atomic mass is 127. The van der Waals surface area contributed by atoms with Gasteiger partial charge in [-0.1, -0.05) is 37.6 Å². The molecule has 2 heterocycles. The molecule has 3 rings (SSSR count). The van der Waals surface area contributed by atoms with Gasteiger partial charge in [0.15, 0.2) is 5.96 Å². The lowest BCUT2D eigenvalue weighted by molar-refractivity contribution is 0.475. The van der Waals surface area contributed by atoms with E-state index < -0.39 is 0 Å². The zero-order valence-electron chi connectivity index (χ0n) is 18.0. The van der Waals surface area contributed by atoms with Gasteiger partial charge < -0.3 is 14.8 Å². The predicted molar refractivity (Wildman–Crippen MR) is 130 cm³/mol. The van der Waals surface area contributed by atoms with Gasteiger partial charge in [-0.3, -0.25) is 4.99 Å². The molecule has 0 unspecified atom stereocenters. The molecule has 0 fully saturated rings. The lowest BCUT2D eigenvalue weighted by Gasteiger charge is -2.22. The van der Waals surface area contributed by atoms with Crippen LogP contribution in [0.2, 0.25) is 0 Å². The van der Waals surface area contributed by atoms with Gasteiger partial charge in [-0.15, -0.1) is 34.2 Å². The van der Waals surface area contributed by atoms with Gasteiger partial charge >= 0.3 is 0 Å². The highest BCUT2D eigenvalue weighted by Crippen LogP contribution is 2.15. The van der Waals surface area contributed by atoms with Crippen LogP contribution < -0.4 is 5.32 Å². The third-order valence-corrected chi connectivity index (χ3v) is 5.47. The van der Waals surface area contributed by atoms with E-state index in [0.29, 0.717) is 0 Å². The van der Waals surface area contributed by atoms with E-state index in [1.165, 1.54) is 36.2 Å². The van der Waals surface area contributed by atoms with Gasteiger partial charge in [0.1, 0.15) is 11.6 Å². The SMILES string of the molecule is CCc1ccc(CN(C)C(=NC)NCCCc2nnc3n2CCCCC3)cc1.I. The van der Waals surface area contributed by atoms with E-state index in [1.54, 1.807) is 0 Å². The average Bonchev–Trinajstić information content (AvgIpc) is 2.94. The van der Waals surface area contributed by atoms with Crippen LogP contribution in [0.25, 0.3) is 0 Å². The molecule has 1 aliphatic rings. The second kappa shape index (κ2) is 12.1. The van der Waals surface area contributed by atoms with Crippen molar-refractivity contribution in [3.05, 3.63) is 47.0 Å². The minimum absolute atomic E-state index is 0. The molecule has 0 amide bonds. The molecule has 1 aromatic heterocycles. The van der Waals surface area contributed by atoms with Gasteiger partial charge in [0, 0.05) is 46.6 Å². The van der Waals surface area contributed by atoms with Crippen molar-refractivity contribution in [1.82, 2.24) is 25.0 Å². The number of guanidine groups is 1. The number of benzene rings is 1. The monoisotopic (exact) mass is 510 g/mol. The first kappa shape index (κ1) is 23.6. The largest absolute Gasteiger partial charge is 0.356 e. The number of rotatable bonds is 7. The molecule has 2 aromatic rings. The van der Waals surface area contributed by atoms with Crippen LogP contribution in [-0.2, 0) is 32.4 Å². The molecule has 0 aliphatic carbocycles. The van der Waals surface area contributed by atoms with Crippen molar-refractivity contribution in [3.8, 4) is 0 Å². The summed E-state index contributed by atoms with van der Waals surface area (Å²) < 4.78 is 2.34. The van der Waals surface area contributed by atoms with Crippen molar-refractivity contribution < 1.29 is 0 Å². The van der Waals surface area contributed by atoms with E-state index in [4.69, 9.17) is 0 Å². The van der Waals surface area contributed by atoms with Gasteiger partial charge in [-0.25, -0.2) is 0 Å². The molecule has 0 saturated carbocycles. The number of hydrogen-bond donors (Lipinski definition) is 1. The first-order chi connectivity index (χ1) is 13.7. The fraction of sp³-hybridized carbons (Fsp3) is 0.591. The Morgan fingerprint density at radius 3 is 2.62 bits per heavy atom. The topological polar surface area (TPSA) is 58.3 Å². The molecule has 7 heteroatoms. The Morgan fingerprint density at radius 2 is 1.90 bits per heavy atom. The summed E-state index contributed by atoms with van der Waals surface area (Å²) >= 11 is 0. The van der Waals surface area contributed by atoms with Gasteiger partial charge in [0.2, 0.25) is 0 Å². The minimum Gasteiger partial charge on any atom is -0.356 e. The van der Waals surface area contributed by atoms with Crippen LogP contribution in [0.5, 0.6) is 0 Å². The lowest BCUT2D eigenvalue weighted by atomic mass is 10.1. The Hall–Kier alpha value is -1.64. The third-order valence-electron chi connectivity index (χ3n) is 5.47. The summed E-state index contributed by atoms with van der Waals surface area (Å²) in [5.41, 5.74) is 2.68. The molecule has 1 aromatic carbocycles. The van der Waals surface area contributed by atoms with E-state index >= 15 is 0 Å².